The van der Waals surface area contributed by atoms with Crippen LogP contribution in [-0.2, 0) is 28.6 Å². The van der Waals surface area contributed by atoms with Crippen LogP contribution < -0.4 is 0 Å². The SMILES string of the molecule is CC\C=C/C=C\C=C/C=C\C=C/CCCCCC(=O)OC(COC(=O)CCCCCCC/C=C\CCCCCCCCC)COC(=O)CCCCCCCC/C=C\C=C/CCCCC. The fourth-order valence-corrected chi connectivity index (χ4v) is 6.98. The summed E-state index contributed by atoms with van der Waals surface area (Å²) in [5.41, 5.74) is 0. The number of hydrogen-bond acceptors (Lipinski definition) is 6. The van der Waals surface area contributed by atoms with Crippen molar-refractivity contribution >= 4 is 17.9 Å². The van der Waals surface area contributed by atoms with Crippen molar-refractivity contribution in [2.45, 2.75) is 239 Å². The highest BCUT2D eigenvalue weighted by Gasteiger charge is 2.19. The number of hydrogen-bond donors (Lipinski definition) is 0. The highest BCUT2D eigenvalue weighted by molar-refractivity contribution is 5.71. The Balaban J connectivity index is 4.50. The lowest BCUT2D eigenvalue weighted by atomic mass is 10.1. The first kappa shape index (κ1) is 60.3. The zero-order valence-electron chi connectivity index (χ0n) is 41.5. The molecule has 0 saturated heterocycles. The summed E-state index contributed by atoms with van der Waals surface area (Å²) in [6.45, 7) is 6.40. The highest BCUT2D eigenvalue weighted by atomic mass is 16.6. The standard InChI is InChI=1S/C58H96O6/c1-4-7-10-13-16-19-22-25-28-31-33-36-39-42-45-48-51-57(60)63-54-55(64-58(61)52-49-46-43-40-37-34-30-27-24-21-18-15-12-9-6-3)53-62-56(59)50-47-44-41-38-35-32-29-26-23-20-17-14-11-8-5-2/h9,12,15,17-18,20-21,23-24,26-28,30-31,34,37,55H,4-8,10-11,13-14,16,19,22,25,29,32-33,35-36,38-54H2,1-3H3/b12-9-,18-15-,20-17-,24-21-,26-23-,30-27-,31-28-,37-34-. The fraction of sp³-hybridized carbons (Fsp3) is 0.672. The average molecular weight is 889 g/mol. The summed E-state index contributed by atoms with van der Waals surface area (Å²) in [5.74, 6) is -0.968. The molecule has 0 spiro atoms. The molecule has 0 aromatic heterocycles. The summed E-state index contributed by atoms with van der Waals surface area (Å²) in [7, 11) is 0. The van der Waals surface area contributed by atoms with Crippen LogP contribution in [-0.4, -0.2) is 37.2 Å². The van der Waals surface area contributed by atoms with Crippen LogP contribution >= 0.6 is 0 Å². The molecule has 0 saturated carbocycles. The Morgan fingerprint density at radius 3 is 1.06 bits per heavy atom. The van der Waals surface area contributed by atoms with Gasteiger partial charge >= 0.3 is 17.9 Å². The van der Waals surface area contributed by atoms with Crippen LogP contribution in [0.15, 0.2) is 97.2 Å². The van der Waals surface area contributed by atoms with Gasteiger partial charge in [0.1, 0.15) is 13.2 Å². The Hall–Kier alpha value is -3.67. The molecule has 6 heteroatoms. The van der Waals surface area contributed by atoms with Gasteiger partial charge in [-0.25, -0.2) is 0 Å². The van der Waals surface area contributed by atoms with Crippen LogP contribution in [0.5, 0.6) is 0 Å². The van der Waals surface area contributed by atoms with Gasteiger partial charge in [0.25, 0.3) is 0 Å². The van der Waals surface area contributed by atoms with E-state index in [1.807, 2.05) is 48.6 Å². The van der Waals surface area contributed by atoms with E-state index in [4.69, 9.17) is 14.2 Å². The third kappa shape index (κ3) is 49.3. The van der Waals surface area contributed by atoms with E-state index < -0.39 is 6.10 Å². The Morgan fingerprint density at radius 1 is 0.328 bits per heavy atom. The number of carbonyl (C=O) groups is 3. The maximum atomic E-state index is 12.8. The Morgan fingerprint density at radius 2 is 0.625 bits per heavy atom. The highest BCUT2D eigenvalue weighted by Crippen LogP contribution is 2.13. The molecule has 0 bridgehead atoms. The zero-order chi connectivity index (χ0) is 46.5. The van der Waals surface area contributed by atoms with E-state index in [0.717, 1.165) is 89.9 Å². The second-order valence-electron chi connectivity index (χ2n) is 17.2. The lowest BCUT2D eigenvalue weighted by Crippen LogP contribution is -2.30. The number of ether oxygens (including phenoxy) is 3. The molecule has 0 aliphatic carbocycles. The first-order valence-corrected chi connectivity index (χ1v) is 26.3. The van der Waals surface area contributed by atoms with E-state index in [0.29, 0.717) is 19.3 Å². The van der Waals surface area contributed by atoms with Crippen LogP contribution in [0, 0.1) is 0 Å². The Kier molecular flexibility index (Phi) is 49.0. The number of unbranched alkanes of at least 4 members (excludes halogenated alkanes) is 24. The summed E-state index contributed by atoms with van der Waals surface area (Å²) in [6.07, 6.45) is 68.1. The van der Waals surface area contributed by atoms with E-state index in [1.54, 1.807) is 0 Å². The van der Waals surface area contributed by atoms with Crippen LogP contribution in [0.2, 0.25) is 0 Å². The van der Waals surface area contributed by atoms with Gasteiger partial charge in [0, 0.05) is 19.3 Å². The number of rotatable bonds is 46. The molecule has 1 atom stereocenters. The molecule has 0 rings (SSSR count). The van der Waals surface area contributed by atoms with Gasteiger partial charge in [-0.1, -0.05) is 221 Å². The second-order valence-corrected chi connectivity index (χ2v) is 17.2. The van der Waals surface area contributed by atoms with Gasteiger partial charge < -0.3 is 14.2 Å². The lowest BCUT2D eigenvalue weighted by molar-refractivity contribution is -0.167. The van der Waals surface area contributed by atoms with E-state index in [9.17, 15) is 14.4 Å². The molecule has 0 aromatic carbocycles. The van der Waals surface area contributed by atoms with Gasteiger partial charge in [-0.2, -0.15) is 0 Å². The van der Waals surface area contributed by atoms with Crippen molar-refractivity contribution in [3.05, 3.63) is 97.2 Å². The van der Waals surface area contributed by atoms with E-state index >= 15 is 0 Å². The molecule has 0 amide bonds. The molecule has 6 nitrogen and oxygen atoms in total. The minimum absolute atomic E-state index is 0.104. The maximum Gasteiger partial charge on any atom is 0.306 e. The number of carbonyl (C=O) groups excluding carboxylic acids is 3. The summed E-state index contributed by atoms with van der Waals surface area (Å²) in [4.78, 5) is 38.0. The molecule has 0 aliphatic rings. The van der Waals surface area contributed by atoms with Gasteiger partial charge in [0.2, 0.25) is 0 Å². The monoisotopic (exact) mass is 889 g/mol. The average Bonchev–Trinajstić information content (AvgIpc) is 3.29. The van der Waals surface area contributed by atoms with Gasteiger partial charge in [-0.15, -0.1) is 0 Å². The van der Waals surface area contributed by atoms with Gasteiger partial charge in [0.15, 0.2) is 6.10 Å². The zero-order valence-corrected chi connectivity index (χ0v) is 41.5. The fourth-order valence-electron chi connectivity index (χ4n) is 6.98. The van der Waals surface area contributed by atoms with Crippen molar-refractivity contribution in [1.82, 2.24) is 0 Å². The molecular weight excluding hydrogens is 793 g/mol. The predicted molar refractivity (Wildman–Crippen MR) is 274 cm³/mol. The molecule has 0 aromatic rings. The summed E-state index contributed by atoms with van der Waals surface area (Å²) >= 11 is 0. The largest absolute Gasteiger partial charge is 0.462 e. The van der Waals surface area contributed by atoms with E-state index in [2.05, 4.69) is 69.4 Å². The normalized spacial score (nSPS) is 12.9. The topological polar surface area (TPSA) is 78.9 Å². The molecule has 0 heterocycles. The summed E-state index contributed by atoms with van der Waals surface area (Å²) < 4.78 is 16.8. The van der Waals surface area contributed by atoms with E-state index in [-0.39, 0.29) is 37.5 Å². The predicted octanol–water partition coefficient (Wildman–Crippen LogP) is 17.4. The summed E-state index contributed by atoms with van der Waals surface area (Å²) in [6, 6.07) is 0. The molecule has 64 heavy (non-hydrogen) atoms. The van der Waals surface area contributed by atoms with Crippen molar-refractivity contribution in [3.63, 3.8) is 0 Å². The van der Waals surface area contributed by atoms with Crippen molar-refractivity contribution in [3.8, 4) is 0 Å². The molecule has 0 fully saturated rings. The third-order valence-corrected chi connectivity index (χ3v) is 10.9. The molecule has 0 radical (unpaired) electrons. The third-order valence-electron chi connectivity index (χ3n) is 10.9. The van der Waals surface area contributed by atoms with Crippen LogP contribution in [0.25, 0.3) is 0 Å². The van der Waals surface area contributed by atoms with Crippen molar-refractivity contribution in [2.75, 3.05) is 13.2 Å². The lowest BCUT2D eigenvalue weighted by Gasteiger charge is -2.18. The number of esters is 3. The van der Waals surface area contributed by atoms with Crippen molar-refractivity contribution in [1.29, 1.82) is 0 Å². The molecule has 0 aliphatic heterocycles. The minimum Gasteiger partial charge on any atom is -0.462 e. The van der Waals surface area contributed by atoms with Gasteiger partial charge in [-0.05, 0) is 89.9 Å². The summed E-state index contributed by atoms with van der Waals surface area (Å²) in [5, 5.41) is 0. The second kappa shape index (κ2) is 52.0. The Labute approximate surface area is 394 Å². The Bertz CT molecular complexity index is 1300. The number of allylic oxidation sites excluding steroid dienone is 16. The molecule has 364 valence electrons. The van der Waals surface area contributed by atoms with E-state index in [1.165, 1.54) is 96.3 Å². The van der Waals surface area contributed by atoms with Crippen LogP contribution in [0.1, 0.15) is 233 Å². The molecule has 0 N–H and O–H groups in total. The minimum atomic E-state index is -0.808. The first-order valence-electron chi connectivity index (χ1n) is 26.3. The smallest absolute Gasteiger partial charge is 0.306 e. The van der Waals surface area contributed by atoms with Crippen molar-refractivity contribution < 1.29 is 28.6 Å². The molecular formula is C58H96O6. The van der Waals surface area contributed by atoms with Gasteiger partial charge in [0.05, 0.1) is 0 Å². The van der Waals surface area contributed by atoms with Crippen LogP contribution in [0.4, 0.5) is 0 Å². The quantitative estimate of drug-likeness (QED) is 0.0199. The van der Waals surface area contributed by atoms with Crippen LogP contribution in [0.3, 0.4) is 0 Å². The molecule has 1 unspecified atom stereocenters. The maximum absolute atomic E-state index is 12.8. The first-order chi connectivity index (χ1) is 31.5. The van der Waals surface area contributed by atoms with Gasteiger partial charge in [-0.3, -0.25) is 14.4 Å². The van der Waals surface area contributed by atoms with Crippen molar-refractivity contribution in [2.24, 2.45) is 0 Å².